The van der Waals surface area contributed by atoms with Gasteiger partial charge in [0.25, 0.3) is 5.91 Å². The first kappa shape index (κ1) is 19.8. The van der Waals surface area contributed by atoms with Crippen LogP contribution in [0.25, 0.3) is 0 Å². The molecule has 1 saturated heterocycles. The van der Waals surface area contributed by atoms with Gasteiger partial charge in [0.1, 0.15) is 11.4 Å². The lowest BCUT2D eigenvalue weighted by Crippen LogP contribution is -2.64. The molecule has 2 unspecified atom stereocenters. The fourth-order valence-electron chi connectivity index (χ4n) is 2.67. The Morgan fingerprint density at radius 3 is 2.62 bits per heavy atom. The number of carbonyl (C=O) groups excluding carboxylic acids is 2. The fraction of sp³-hybridized carbons (Fsp3) is 0.529. The molecule has 9 nitrogen and oxygen atoms in total. The summed E-state index contributed by atoms with van der Waals surface area (Å²) in [4.78, 5) is 41.3. The molecule has 1 fully saturated rings. The molecule has 0 saturated carbocycles. The lowest BCUT2D eigenvalue weighted by molar-refractivity contribution is -0.193. The number of carbonyl (C=O) groups is 3. The van der Waals surface area contributed by atoms with E-state index in [1.807, 2.05) is 0 Å². The van der Waals surface area contributed by atoms with Crippen molar-refractivity contribution >= 4 is 23.7 Å². The first-order valence-corrected chi connectivity index (χ1v) is 8.02. The molecule has 2 N–H and O–H groups in total. The van der Waals surface area contributed by atoms with E-state index in [4.69, 9.17) is 9.47 Å². The molecule has 0 spiro atoms. The number of aliphatic carboxylic acids is 1. The smallest absolute Gasteiger partial charge is 0.348 e. The summed E-state index contributed by atoms with van der Waals surface area (Å²) in [6, 6.07) is 4.82. The highest BCUT2D eigenvalue weighted by atomic mass is 16.6. The largest absolute Gasteiger partial charge is 0.478 e. The molecule has 0 radical (unpaired) electrons. The van der Waals surface area contributed by atoms with Crippen LogP contribution in [0.3, 0.4) is 0 Å². The molecule has 2 atom stereocenters. The summed E-state index contributed by atoms with van der Waals surface area (Å²) in [6.45, 7) is 5.61. The second kappa shape index (κ2) is 7.00. The number of nitrogens with zero attached hydrogens (tertiary/aromatic N) is 2. The highest BCUT2D eigenvalue weighted by Crippen LogP contribution is 2.29. The molecule has 1 aliphatic rings. The molecule has 1 amide bonds. The summed E-state index contributed by atoms with van der Waals surface area (Å²) in [5, 5.41) is 19.5. The molecule has 1 aromatic heterocycles. The highest BCUT2D eigenvalue weighted by molar-refractivity contribution is 6.03. The summed E-state index contributed by atoms with van der Waals surface area (Å²) >= 11 is 0. The summed E-state index contributed by atoms with van der Waals surface area (Å²) in [6.07, 6.45) is -1.80. The third-order valence-electron chi connectivity index (χ3n) is 4.03. The zero-order valence-corrected chi connectivity index (χ0v) is 15.1. The fourth-order valence-corrected chi connectivity index (χ4v) is 2.67. The number of ether oxygens (including phenoxy) is 2. The topological polar surface area (TPSA) is 126 Å². The Balaban J connectivity index is 2.40. The average molecular weight is 366 g/mol. The number of morpholine rings is 1. The van der Waals surface area contributed by atoms with Gasteiger partial charge in [0.2, 0.25) is 6.10 Å². The average Bonchev–Trinajstić information content (AvgIpc) is 2.54. The van der Waals surface area contributed by atoms with Crippen molar-refractivity contribution in [2.24, 2.45) is 0 Å². The Labute approximate surface area is 150 Å². The van der Waals surface area contributed by atoms with E-state index in [0.717, 1.165) is 6.92 Å². The van der Waals surface area contributed by atoms with Crippen LogP contribution < -0.4 is 4.90 Å². The lowest BCUT2D eigenvalue weighted by Gasteiger charge is -2.41. The van der Waals surface area contributed by atoms with Gasteiger partial charge in [-0.25, -0.2) is 9.78 Å². The van der Waals surface area contributed by atoms with Gasteiger partial charge >= 0.3 is 11.9 Å². The van der Waals surface area contributed by atoms with Crippen LogP contribution in [0.5, 0.6) is 0 Å². The number of carboxylic acid groups (broad SMARTS) is 1. The summed E-state index contributed by atoms with van der Waals surface area (Å²) < 4.78 is 10.2. The Morgan fingerprint density at radius 1 is 1.42 bits per heavy atom. The Kier molecular flexibility index (Phi) is 5.33. The van der Waals surface area contributed by atoms with Gasteiger partial charge in [0, 0.05) is 6.92 Å². The van der Waals surface area contributed by atoms with Crippen molar-refractivity contribution in [3.8, 4) is 0 Å². The van der Waals surface area contributed by atoms with Crippen LogP contribution in [0.4, 0.5) is 5.82 Å². The first-order chi connectivity index (χ1) is 12.0. The zero-order valence-electron chi connectivity index (χ0n) is 15.1. The minimum atomic E-state index is -1.90. The Bertz CT molecular complexity index is 728. The maximum Gasteiger partial charge on any atom is 0.348 e. The number of carboxylic acids is 1. The van der Waals surface area contributed by atoms with E-state index in [1.54, 1.807) is 32.0 Å². The van der Waals surface area contributed by atoms with Crippen molar-refractivity contribution in [3.63, 3.8) is 0 Å². The van der Waals surface area contributed by atoms with Gasteiger partial charge < -0.3 is 19.7 Å². The van der Waals surface area contributed by atoms with Crippen molar-refractivity contribution in [3.05, 3.63) is 23.9 Å². The molecule has 1 aromatic rings. The molecule has 1 aliphatic heterocycles. The van der Waals surface area contributed by atoms with Crippen LogP contribution in [0.2, 0.25) is 0 Å². The number of aromatic nitrogens is 1. The predicted molar refractivity (Wildman–Crippen MR) is 89.4 cm³/mol. The minimum Gasteiger partial charge on any atom is -0.478 e. The summed E-state index contributed by atoms with van der Waals surface area (Å²) in [5.74, 6) is -2.78. The second-order valence-corrected chi connectivity index (χ2v) is 6.68. The number of hydrogen-bond acceptors (Lipinski definition) is 7. The zero-order chi connectivity index (χ0) is 19.7. The van der Waals surface area contributed by atoms with Gasteiger partial charge in [-0.05, 0) is 32.9 Å². The molecule has 2 heterocycles. The van der Waals surface area contributed by atoms with Gasteiger partial charge in [-0.2, -0.15) is 0 Å². The quantitative estimate of drug-likeness (QED) is 0.719. The van der Waals surface area contributed by atoms with Crippen LogP contribution in [0.1, 0.15) is 33.4 Å². The number of pyridine rings is 1. The van der Waals surface area contributed by atoms with Crippen molar-refractivity contribution < 1.29 is 34.1 Å². The molecular formula is C17H22N2O7. The third-order valence-corrected chi connectivity index (χ3v) is 4.03. The lowest BCUT2D eigenvalue weighted by atomic mass is 9.95. The number of amides is 1. The normalized spacial score (nSPS) is 22.0. The summed E-state index contributed by atoms with van der Waals surface area (Å²) in [5.41, 5.74) is -2.76. The van der Waals surface area contributed by atoms with Crippen LogP contribution in [0.15, 0.2) is 18.2 Å². The van der Waals surface area contributed by atoms with E-state index in [1.165, 1.54) is 11.8 Å². The molecule has 26 heavy (non-hydrogen) atoms. The van der Waals surface area contributed by atoms with Crippen molar-refractivity contribution in [2.45, 2.75) is 45.0 Å². The standard InChI is InChI=1S/C17H22N2O7/c1-10(20)26-13(14(21)22)17(4)15(23)19(8-9-25-17)12-7-5-6-11(18-12)16(2,3)24/h5-7,13,24H,8-9H2,1-4H3,(H,21,22). The first-order valence-electron chi connectivity index (χ1n) is 8.02. The van der Waals surface area contributed by atoms with E-state index in [9.17, 15) is 24.6 Å². The van der Waals surface area contributed by atoms with Gasteiger partial charge in [0.15, 0.2) is 5.60 Å². The molecule has 0 aliphatic carbocycles. The number of rotatable bonds is 5. The van der Waals surface area contributed by atoms with Gasteiger partial charge in [0.05, 0.1) is 18.8 Å². The van der Waals surface area contributed by atoms with Gasteiger partial charge in [-0.1, -0.05) is 6.07 Å². The minimum absolute atomic E-state index is 0.0295. The van der Waals surface area contributed by atoms with Crippen molar-refractivity contribution in [1.29, 1.82) is 0 Å². The number of hydrogen-bond donors (Lipinski definition) is 2. The highest BCUT2D eigenvalue weighted by Gasteiger charge is 2.53. The number of aliphatic hydroxyl groups is 1. The van der Waals surface area contributed by atoms with E-state index >= 15 is 0 Å². The number of anilines is 1. The van der Waals surface area contributed by atoms with Crippen LogP contribution in [0, 0.1) is 0 Å². The van der Waals surface area contributed by atoms with E-state index in [-0.39, 0.29) is 19.0 Å². The van der Waals surface area contributed by atoms with Crippen LogP contribution in [-0.2, 0) is 29.5 Å². The van der Waals surface area contributed by atoms with Crippen LogP contribution in [-0.4, -0.2) is 57.9 Å². The predicted octanol–water partition coefficient (Wildman–Crippen LogP) is 0.447. The van der Waals surface area contributed by atoms with Crippen molar-refractivity contribution in [1.82, 2.24) is 4.98 Å². The third kappa shape index (κ3) is 3.83. The van der Waals surface area contributed by atoms with E-state index in [0.29, 0.717) is 5.69 Å². The molecule has 0 aromatic carbocycles. The monoisotopic (exact) mass is 366 g/mol. The second-order valence-electron chi connectivity index (χ2n) is 6.68. The molecule has 0 bridgehead atoms. The Hall–Kier alpha value is -2.52. The Morgan fingerprint density at radius 2 is 2.08 bits per heavy atom. The molecule has 142 valence electrons. The van der Waals surface area contributed by atoms with Gasteiger partial charge in [-0.3, -0.25) is 14.5 Å². The SMILES string of the molecule is CC(=O)OC(C(=O)O)C1(C)OCCN(c2cccc(C(C)(C)O)n2)C1=O. The van der Waals surface area contributed by atoms with Crippen LogP contribution >= 0.6 is 0 Å². The van der Waals surface area contributed by atoms with Gasteiger partial charge in [-0.15, -0.1) is 0 Å². The van der Waals surface area contributed by atoms with E-state index < -0.39 is 35.2 Å². The maximum atomic E-state index is 13.0. The molecule has 2 rings (SSSR count). The molecular weight excluding hydrogens is 344 g/mol. The summed E-state index contributed by atoms with van der Waals surface area (Å²) in [7, 11) is 0. The molecule has 9 heteroatoms. The van der Waals surface area contributed by atoms with Crippen molar-refractivity contribution in [2.75, 3.05) is 18.1 Å². The number of esters is 1. The van der Waals surface area contributed by atoms with E-state index in [2.05, 4.69) is 4.98 Å². The maximum absolute atomic E-state index is 13.0.